The molecule has 0 saturated carbocycles. The first kappa shape index (κ1) is 14.2. The second kappa shape index (κ2) is 5.80. The summed E-state index contributed by atoms with van der Waals surface area (Å²) in [6.45, 7) is -0.0230. The average Bonchev–Trinajstić information content (AvgIpc) is 2.98. The number of esters is 1. The number of aromatic nitrogens is 3. The number of carbonyl (C=O) groups is 1. The Bertz CT molecular complexity index is 697. The van der Waals surface area contributed by atoms with E-state index in [-0.39, 0.29) is 17.0 Å². The molecule has 1 heterocycles. The van der Waals surface area contributed by atoms with Crippen molar-refractivity contribution in [2.45, 2.75) is 11.4 Å². The zero-order valence-electron chi connectivity index (χ0n) is 10.5. The van der Waals surface area contributed by atoms with Gasteiger partial charge in [-0.25, -0.2) is 22.9 Å². The maximum absolute atomic E-state index is 12.1. The average molecular weight is 296 g/mol. The Hall–Kier alpha value is -2.26. The Kier molecular flexibility index (Phi) is 4.11. The Morgan fingerprint density at radius 2 is 2.25 bits per heavy atom. The first-order valence-corrected chi connectivity index (χ1v) is 7.03. The molecule has 0 bridgehead atoms. The predicted molar refractivity (Wildman–Crippen MR) is 68.2 cm³/mol. The summed E-state index contributed by atoms with van der Waals surface area (Å²) in [6.07, 6.45) is 1.28. The molecule has 0 aliphatic carbocycles. The lowest BCUT2D eigenvalue weighted by atomic mass is 10.2. The Morgan fingerprint density at radius 1 is 1.45 bits per heavy atom. The van der Waals surface area contributed by atoms with Crippen LogP contribution in [0.1, 0.15) is 16.2 Å². The van der Waals surface area contributed by atoms with Crippen molar-refractivity contribution in [1.29, 1.82) is 0 Å². The third-order valence-corrected chi connectivity index (χ3v) is 3.86. The summed E-state index contributed by atoms with van der Waals surface area (Å²) in [4.78, 5) is 15.2. The predicted octanol–water partition coefficient (Wildman–Crippen LogP) is 0.0698. The lowest BCUT2D eigenvalue weighted by Crippen LogP contribution is -2.24. The number of ether oxygens (including phenoxy) is 1. The molecule has 2 N–H and O–H groups in total. The minimum Gasteiger partial charge on any atom is -0.465 e. The molecular weight excluding hydrogens is 284 g/mol. The molecule has 0 unspecified atom stereocenters. The molecule has 9 heteroatoms. The highest BCUT2D eigenvalue weighted by atomic mass is 32.2. The number of aromatic amines is 1. The molecule has 1 aromatic heterocycles. The Balaban J connectivity index is 2.18. The fraction of sp³-hybridized carbons (Fsp3) is 0.182. The van der Waals surface area contributed by atoms with Crippen molar-refractivity contribution in [2.24, 2.45) is 0 Å². The maximum atomic E-state index is 12.1. The Morgan fingerprint density at radius 3 is 2.90 bits per heavy atom. The molecule has 8 nitrogen and oxygen atoms in total. The summed E-state index contributed by atoms with van der Waals surface area (Å²) in [7, 11) is -2.52. The first-order chi connectivity index (χ1) is 9.53. The molecule has 2 aromatic rings. The molecule has 0 aliphatic rings. The van der Waals surface area contributed by atoms with Crippen molar-refractivity contribution in [3.8, 4) is 0 Å². The molecule has 0 fully saturated rings. The van der Waals surface area contributed by atoms with Crippen LogP contribution in [-0.2, 0) is 21.3 Å². The minimum absolute atomic E-state index is 0.0230. The Labute approximate surface area is 115 Å². The van der Waals surface area contributed by atoms with Crippen molar-refractivity contribution >= 4 is 16.0 Å². The smallest absolute Gasteiger partial charge is 0.337 e. The van der Waals surface area contributed by atoms with Crippen LogP contribution >= 0.6 is 0 Å². The van der Waals surface area contributed by atoms with Gasteiger partial charge in [-0.15, -0.1) is 0 Å². The fourth-order valence-corrected chi connectivity index (χ4v) is 2.50. The van der Waals surface area contributed by atoms with Crippen molar-refractivity contribution < 1.29 is 17.9 Å². The third kappa shape index (κ3) is 3.19. The van der Waals surface area contributed by atoms with E-state index < -0.39 is 16.0 Å². The van der Waals surface area contributed by atoms with Crippen molar-refractivity contribution in [3.05, 3.63) is 42.0 Å². The summed E-state index contributed by atoms with van der Waals surface area (Å²) in [5.41, 5.74) is 0.162. The number of carbonyl (C=O) groups excluding carboxylic acids is 1. The second-order valence-electron chi connectivity index (χ2n) is 3.78. The normalized spacial score (nSPS) is 11.2. The van der Waals surface area contributed by atoms with E-state index in [1.54, 1.807) is 0 Å². The van der Waals surface area contributed by atoms with Crippen LogP contribution in [-0.4, -0.2) is 36.7 Å². The molecule has 106 valence electrons. The summed E-state index contributed by atoms with van der Waals surface area (Å²) in [5.74, 6) is -0.213. The number of nitrogens with zero attached hydrogens (tertiary/aromatic N) is 2. The van der Waals surface area contributed by atoms with Gasteiger partial charge in [0.15, 0.2) is 0 Å². The molecule has 0 spiro atoms. The minimum atomic E-state index is -3.75. The van der Waals surface area contributed by atoms with E-state index in [4.69, 9.17) is 0 Å². The molecule has 0 aliphatic heterocycles. The maximum Gasteiger partial charge on any atom is 0.337 e. The number of nitrogens with one attached hydrogen (secondary N) is 2. The van der Waals surface area contributed by atoms with Gasteiger partial charge in [0, 0.05) is 0 Å². The van der Waals surface area contributed by atoms with Crippen LogP contribution in [0.25, 0.3) is 0 Å². The van der Waals surface area contributed by atoms with Gasteiger partial charge >= 0.3 is 5.97 Å². The van der Waals surface area contributed by atoms with Crippen molar-refractivity contribution in [3.63, 3.8) is 0 Å². The molecular formula is C11H12N4O4S. The van der Waals surface area contributed by atoms with Gasteiger partial charge in [-0.2, -0.15) is 5.10 Å². The zero-order chi connectivity index (χ0) is 14.6. The number of sulfonamides is 1. The second-order valence-corrected chi connectivity index (χ2v) is 5.54. The molecule has 0 saturated heterocycles. The van der Waals surface area contributed by atoms with Crippen LogP contribution in [0.15, 0.2) is 35.5 Å². The van der Waals surface area contributed by atoms with E-state index >= 15 is 0 Å². The van der Waals surface area contributed by atoms with Gasteiger partial charge in [0.1, 0.15) is 12.2 Å². The number of methoxy groups -OCH3 is 1. The standard InChI is InChI=1S/C11H12N4O4S/c1-19-11(16)8-3-2-4-9(5-8)20(17,18)14-6-10-12-7-13-15-10/h2-5,7,14H,6H2,1H3,(H,12,13,15). The fourth-order valence-electron chi connectivity index (χ4n) is 1.47. The SMILES string of the molecule is COC(=O)c1cccc(S(=O)(=O)NCc2ncn[nH]2)c1. The highest BCUT2D eigenvalue weighted by Crippen LogP contribution is 2.12. The summed E-state index contributed by atoms with van der Waals surface area (Å²) in [5, 5.41) is 6.15. The summed E-state index contributed by atoms with van der Waals surface area (Å²) in [6, 6.07) is 5.57. The number of hydrogen-bond acceptors (Lipinski definition) is 6. The van der Waals surface area contributed by atoms with Crippen LogP contribution in [0.2, 0.25) is 0 Å². The number of benzene rings is 1. The van der Waals surface area contributed by atoms with Gasteiger partial charge in [-0.1, -0.05) is 6.07 Å². The van der Waals surface area contributed by atoms with Gasteiger partial charge < -0.3 is 4.74 Å². The quantitative estimate of drug-likeness (QED) is 0.755. The monoisotopic (exact) mass is 296 g/mol. The molecule has 20 heavy (non-hydrogen) atoms. The molecule has 1 aromatic carbocycles. The molecule has 0 amide bonds. The van der Waals surface area contributed by atoms with E-state index in [9.17, 15) is 13.2 Å². The van der Waals surface area contributed by atoms with Gasteiger partial charge in [-0.3, -0.25) is 5.10 Å². The van der Waals surface area contributed by atoms with Crippen LogP contribution < -0.4 is 4.72 Å². The van der Waals surface area contributed by atoms with E-state index in [0.717, 1.165) is 0 Å². The van der Waals surface area contributed by atoms with Gasteiger partial charge in [-0.05, 0) is 18.2 Å². The van der Waals surface area contributed by atoms with Gasteiger partial charge in [0.25, 0.3) is 0 Å². The van der Waals surface area contributed by atoms with E-state index in [0.29, 0.717) is 5.82 Å². The number of H-pyrrole nitrogens is 1. The van der Waals surface area contributed by atoms with Crippen LogP contribution in [0.4, 0.5) is 0 Å². The topological polar surface area (TPSA) is 114 Å². The number of hydrogen-bond donors (Lipinski definition) is 2. The lowest BCUT2D eigenvalue weighted by Gasteiger charge is -2.06. The van der Waals surface area contributed by atoms with Crippen LogP contribution in [0.5, 0.6) is 0 Å². The van der Waals surface area contributed by atoms with E-state index in [2.05, 4.69) is 24.6 Å². The first-order valence-electron chi connectivity index (χ1n) is 5.55. The lowest BCUT2D eigenvalue weighted by molar-refractivity contribution is 0.0600. The van der Waals surface area contributed by atoms with E-state index in [1.165, 1.54) is 37.7 Å². The highest BCUT2D eigenvalue weighted by Gasteiger charge is 2.16. The van der Waals surface area contributed by atoms with Gasteiger partial charge in [0.05, 0.1) is 24.1 Å². The number of rotatable bonds is 5. The highest BCUT2D eigenvalue weighted by molar-refractivity contribution is 7.89. The van der Waals surface area contributed by atoms with Crippen molar-refractivity contribution in [1.82, 2.24) is 19.9 Å². The van der Waals surface area contributed by atoms with Crippen LogP contribution in [0.3, 0.4) is 0 Å². The molecule has 2 rings (SSSR count). The van der Waals surface area contributed by atoms with Gasteiger partial charge in [0.2, 0.25) is 10.0 Å². The zero-order valence-corrected chi connectivity index (χ0v) is 11.3. The third-order valence-electron chi connectivity index (χ3n) is 2.46. The molecule has 0 atom stereocenters. The summed E-state index contributed by atoms with van der Waals surface area (Å²) >= 11 is 0. The summed E-state index contributed by atoms with van der Waals surface area (Å²) < 4.78 is 31.0. The van der Waals surface area contributed by atoms with Crippen LogP contribution in [0, 0.1) is 0 Å². The van der Waals surface area contributed by atoms with Crippen molar-refractivity contribution in [2.75, 3.05) is 7.11 Å². The molecule has 0 radical (unpaired) electrons. The largest absolute Gasteiger partial charge is 0.465 e. The van der Waals surface area contributed by atoms with E-state index in [1.807, 2.05) is 0 Å².